The highest BCUT2D eigenvalue weighted by molar-refractivity contribution is 5.53. The summed E-state index contributed by atoms with van der Waals surface area (Å²) < 4.78 is 0. The molecule has 0 aliphatic heterocycles. The normalized spacial score (nSPS) is 11.6. The highest BCUT2D eigenvalue weighted by Crippen LogP contribution is 2.10. The van der Waals surface area contributed by atoms with Crippen molar-refractivity contribution in [3.8, 4) is 0 Å². The molecule has 0 aliphatic carbocycles. The molecule has 0 aromatic heterocycles. The van der Waals surface area contributed by atoms with E-state index in [1.165, 1.54) is 16.7 Å². The van der Waals surface area contributed by atoms with Gasteiger partial charge in [0.2, 0.25) is 0 Å². The van der Waals surface area contributed by atoms with Crippen LogP contribution in [0.3, 0.4) is 0 Å². The third-order valence-electron chi connectivity index (χ3n) is 2.12. The van der Waals surface area contributed by atoms with E-state index in [0.29, 0.717) is 0 Å². The average Bonchev–Trinajstić information content (AvgIpc) is 2.12. The van der Waals surface area contributed by atoms with Crippen molar-refractivity contribution in [3.05, 3.63) is 53.1 Å². The van der Waals surface area contributed by atoms with E-state index in [-0.39, 0.29) is 0 Å². The first-order chi connectivity index (χ1) is 6.24. The Hall–Kier alpha value is -1.30. The number of aryl methyl sites for hydroxylation is 2. The van der Waals surface area contributed by atoms with Gasteiger partial charge in [-0.1, -0.05) is 42.5 Å². The minimum atomic E-state index is 1.27. The van der Waals surface area contributed by atoms with Gasteiger partial charge >= 0.3 is 0 Å². The molecule has 1 aromatic carbocycles. The van der Waals surface area contributed by atoms with Crippen molar-refractivity contribution in [1.29, 1.82) is 0 Å². The number of hydrogen-bond donors (Lipinski definition) is 0. The van der Waals surface area contributed by atoms with Crippen molar-refractivity contribution in [2.75, 3.05) is 0 Å². The van der Waals surface area contributed by atoms with E-state index in [1.807, 2.05) is 19.1 Å². The van der Waals surface area contributed by atoms with Gasteiger partial charge in [-0.2, -0.15) is 0 Å². The minimum absolute atomic E-state index is 1.27. The number of allylic oxidation sites excluding steroid dienone is 3. The van der Waals surface area contributed by atoms with Crippen LogP contribution >= 0.6 is 0 Å². The van der Waals surface area contributed by atoms with Crippen LogP contribution in [0.15, 0.2) is 36.4 Å². The fourth-order valence-corrected chi connectivity index (χ4v) is 1.15. The van der Waals surface area contributed by atoms with Crippen LogP contribution in [-0.4, -0.2) is 0 Å². The lowest BCUT2D eigenvalue weighted by atomic mass is 10.1. The summed E-state index contributed by atoms with van der Waals surface area (Å²) in [5.41, 5.74) is 3.96. The van der Waals surface area contributed by atoms with Crippen molar-refractivity contribution in [3.63, 3.8) is 0 Å². The largest absolute Gasteiger partial charge is 0.0877 e. The smallest absolute Gasteiger partial charge is 0.0254 e. The molecule has 13 heavy (non-hydrogen) atoms. The van der Waals surface area contributed by atoms with Crippen molar-refractivity contribution in [2.45, 2.75) is 20.8 Å². The summed E-state index contributed by atoms with van der Waals surface area (Å²) in [5.74, 6) is 0. The molecular formula is C13H16. The molecule has 0 saturated carbocycles. The third kappa shape index (κ3) is 2.90. The molecule has 68 valence electrons. The molecule has 1 aromatic rings. The SMILES string of the molecule is C/C=C\C=C/c1ccc(C)c(C)c1. The van der Waals surface area contributed by atoms with Crippen molar-refractivity contribution in [1.82, 2.24) is 0 Å². The summed E-state index contributed by atoms with van der Waals surface area (Å²) in [6, 6.07) is 6.50. The highest BCUT2D eigenvalue weighted by atomic mass is 14.0. The first-order valence-electron chi connectivity index (χ1n) is 4.60. The summed E-state index contributed by atoms with van der Waals surface area (Å²) in [6.07, 6.45) is 8.24. The fourth-order valence-electron chi connectivity index (χ4n) is 1.15. The van der Waals surface area contributed by atoms with E-state index in [0.717, 1.165) is 0 Å². The van der Waals surface area contributed by atoms with Gasteiger partial charge in [0.25, 0.3) is 0 Å². The van der Waals surface area contributed by atoms with Gasteiger partial charge < -0.3 is 0 Å². The number of rotatable bonds is 2. The predicted molar refractivity (Wildman–Crippen MR) is 59.8 cm³/mol. The molecule has 0 atom stereocenters. The molecule has 0 aliphatic rings. The lowest BCUT2D eigenvalue weighted by Gasteiger charge is -1.99. The highest BCUT2D eigenvalue weighted by Gasteiger charge is 1.91. The lowest BCUT2D eigenvalue weighted by molar-refractivity contribution is 1.33. The molecule has 0 unspecified atom stereocenters. The molecule has 0 heteroatoms. The summed E-state index contributed by atoms with van der Waals surface area (Å²) in [7, 11) is 0. The zero-order valence-corrected chi connectivity index (χ0v) is 8.54. The summed E-state index contributed by atoms with van der Waals surface area (Å²) in [6.45, 7) is 6.29. The first-order valence-corrected chi connectivity index (χ1v) is 4.60. The molecule has 0 heterocycles. The molecule has 0 nitrogen and oxygen atoms in total. The van der Waals surface area contributed by atoms with Gasteiger partial charge in [0.15, 0.2) is 0 Å². The Kier molecular flexibility index (Phi) is 3.51. The number of hydrogen-bond acceptors (Lipinski definition) is 0. The second-order valence-electron chi connectivity index (χ2n) is 3.23. The van der Waals surface area contributed by atoms with Gasteiger partial charge in [0.05, 0.1) is 0 Å². The van der Waals surface area contributed by atoms with Gasteiger partial charge in [-0.3, -0.25) is 0 Å². The van der Waals surface area contributed by atoms with E-state index in [2.05, 4.69) is 44.2 Å². The van der Waals surface area contributed by atoms with E-state index in [1.54, 1.807) is 0 Å². The Morgan fingerprint density at radius 1 is 1.00 bits per heavy atom. The van der Waals surface area contributed by atoms with Crippen molar-refractivity contribution >= 4 is 6.08 Å². The summed E-state index contributed by atoms with van der Waals surface area (Å²) >= 11 is 0. The van der Waals surface area contributed by atoms with Crippen LogP contribution in [0.4, 0.5) is 0 Å². The van der Waals surface area contributed by atoms with Crippen LogP contribution in [0.5, 0.6) is 0 Å². The first kappa shape index (κ1) is 9.79. The second kappa shape index (κ2) is 4.66. The topological polar surface area (TPSA) is 0 Å². The van der Waals surface area contributed by atoms with Gasteiger partial charge in [0.1, 0.15) is 0 Å². The van der Waals surface area contributed by atoms with Crippen LogP contribution in [0.25, 0.3) is 6.08 Å². The minimum Gasteiger partial charge on any atom is -0.0877 e. The Morgan fingerprint density at radius 2 is 1.77 bits per heavy atom. The summed E-state index contributed by atoms with van der Waals surface area (Å²) in [5, 5.41) is 0. The Morgan fingerprint density at radius 3 is 2.38 bits per heavy atom. The van der Waals surface area contributed by atoms with Crippen LogP contribution in [0, 0.1) is 13.8 Å². The number of benzene rings is 1. The third-order valence-corrected chi connectivity index (χ3v) is 2.12. The zero-order chi connectivity index (χ0) is 9.68. The Bertz CT molecular complexity index is 330. The van der Waals surface area contributed by atoms with E-state index < -0.39 is 0 Å². The van der Waals surface area contributed by atoms with E-state index >= 15 is 0 Å². The monoisotopic (exact) mass is 172 g/mol. The molecular weight excluding hydrogens is 156 g/mol. The van der Waals surface area contributed by atoms with Crippen LogP contribution in [0.1, 0.15) is 23.6 Å². The second-order valence-corrected chi connectivity index (χ2v) is 3.23. The lowest BCUT2D eigenvalue weighted by Crippen LogP contribution is -1.80. The summed E-state index contributed by atoms with van der Waals surface area (Å²) in [4.78, 5) is 0. The molecule has 0 fully saturated rings. The molecule has 1 rings (SSSR count). The Labute approximate surface area is 80.6 Å². The Balaban J connectivity index is 2.85. The standard InChI is InChI=1S/C13H16/c1-4-5-6-7-13-9-8-11(2)12(3)10-13/h4-10H,1-3H3/b5-4-,7-6-. The van der Waals surface area contributed by atoms with Crippen LogP contribution < -0.4 is 0 Å². The fraction of sp³-hybridized carbons (Fsp3) is 0.231. The van der Waals surface area contributed by atoms with Gasteiger partial charge in [0, 0.05) is 0 Å². The zero-order valence-electron chi connectivity index (χ0n) is 8.54. The molecule has 0 radical (unpaired) electrons. The molecule has 0 saturated heterocycles. The van der Waals surface area contributed by atoms with Crippen molar-refractivity contribution in [2.24, 2.45) is 0 Å². The van der Waals surface area contributed by atoms with Crippen molar-refractivity contribution < 1.29 is 0 Å². The van der Waals surface area contributed by atoms with Gasteiger partial charge in [-0.15, -0.1) is 0 Å². The molecule has 0 N–H and O–H groups in total. The maximum Gasteiger partial charge on any atom is -0.0254 e. The van der Waals surface area contributed by atoms with Crippen LogP contribution in [-0.2, 0) is 0 Å². The maximum absolute atomic E-state index is 2.20. The molecule has 0 bridgehead atoms. The molecule has 0 spiro atoms. The maximum atomic E-state index is 2.20. The molecule has 0 amide bonds. The van der Waals surface area contributed by atoms with E-state index in [9.17, 15) is 0 Å². The van der Waals surface area contributed by atoms with E-state index in [4.69, 9.17) is 0 Å². The quantitative estimate of drug-likeness (QED) is 0.594. The van der Waals surface area contributed by atoms with Gasteiger partial charge in [-0.05, 0) is 37.5 Å². The predicted octanol–water partition coefficient (Wildman–Crippen LogP) is 3.89. The van der Waals surface area contributed by atoms with Gasteiger partial charge in [-0.25, -0.2) is 0 Å². The van der Waals surface area contributed by atoms with Crippen LogP contribution in [0.2, 0.25) is 0 Å². The average molecular weight is 172 g/mol.